The number of benzene rings is 2. The van der Waals surface area contributed by atoms with Crippen LogP contribution < -0.4 is 16.1 Å². The van der Waals surface area contributed by atoms with Crippen molar-refractivity contribution in [1.29, 1.82) is 0 Å². The highest BCUT2D eigenvalue weighted by Gasteiger charge is 2.45. The molecular formula is C24H35B2N3O3. The van der Waals surface area contributed by atoms with Crippen molar-refractivity contribution in [2.24, 2.45) is 5.41 Å². The standard InChI is InChI=1S/C24H35B2N3O3/c1-8-24(7,23(4,5)6)29(22(31)18-12-15(2)11-16(3)13-18)28-21(30)17-9-10-19(26-32)20(14-17)27-25/h9-14,26-27,32H,8,25H2,1-7H3,(H,28,30)/t24-/m1/s1. The van der Waals surface area contributed by atoms with Crippen molar-refractivity contribution in [3.8, 4) is 0 Å². The van der Waals surface area contributed by atoms with E-state index in [1.54, 1.807) is 26.2 Å². The number of amides is 2. The number of carbonyl (C=O) groups is 2. The Morgan fingerprint density at radius 2 is 1.62 bits per heavy atom. The summed E-state index contributed by atoms with van der Waals surface area (Å²) in [5.74, 6) is -0.627. The lowest BCUT2D eigenvalue weighted by Gasteiger charge is -2.49. The van der Waals surface area contributed by atoms with Crippen LogP contribution in [-0.2, 0) is 0 Å². The molecule has 0 radical (unpaired) electrons. The maximum atomic E-state index is 13.8. The van der Waals surface area contributed by atoms with Crippen LogP contribution in [-0.4, -0.2) is 42.8 Å². The SMILES string of the molecule is BNc1cc(C(=O)NN(C(=O)c2cc(C)cc(C)c2)[C@](C)(CC)C(C)(C)C)ccc1BO. The molecule has 2 amide bonds. The normalized spacial score (nSPS) is 13.1. The van der Waals surface area contributed by atoms with Crippen LogP contribution in [0.25, 0.3) is 0 Å². The highest BCUT2D eigenvalue weighted by molar-refractivity contribution is 6.49. The highest BCUT2D eigenvalue weighted by atomic mass is 16.2. The first-order chi connectivity index (χ1) is 14.9. The molecule has 0 saturated heterocycles. The Labute approximate surface area is 193 Å². The molecule has 0 fully saturated rings. The number of hydrogen-bond donors (Lipinski definition) is 3. The Morgan fingerprint density at radius 3 is 2.09 bits per heavy atom. The van der Waals surface area contributed by atoms with Crippen molar-refractivity contribution in [1.82, 2.24) is 10.4 Å². The van der Waals surface area contributed by atoms with Gasteiger partial charge in [-0.1, -0.05) is 51.0 Å². The Kier molecular flexibility index (Phi) is 7.83. The summed E-state index contributed by atoms with van der Waals surface area (Å²) in [5, 5.41) is 14.0. The van der Waals surface area contributed by atoms with Gasteiger partial charge in [0.1, 0.15) is 0 Å². The summed E-state index contributed by atoms with van der Waals surface area (Å²) in [6, 6.07) is 10.8. The summed E-state index contributed by atoms with van der Waals surface area (Å²) in [5.41, 5.74) is 6.25. The van der Waals surface area contributed by atoms with Crippen LogP contribution in [0.4, 0.5) is 5.69 Å². The number of rotatable bonds is 6. The summed E-state index contributed by atoms with van der Waals surface area (Å²) >= 11 is 0. The van der Waals surface area contributed by atoms with Crippen LogP contribution in [0.1, 0.15) is 72.9 Å². The van der Waals surface area contributed by atoms with E-state index in [1.807, 2.05) is 45.9 Å². The van der Waals surface area contributed by atoms with Gasteiger partial charge in [0.05, 0.1) is 5.54 Å². The lowest BCUT2D eigenvalue weighted by molar-refractivity contribution is -0.0166. The van der Waals surface area contributed by atoms with Gasteiger partial charge in [-0.2, -0.15) is 0 Å². The molecule has 0 saturated carbocycles. The first-order valence-corrected chi connectivity index (χ1v) is 11.0. The minimum atomic E-state index is -0.645. The third-order valence-corrected chi connectivity index (χ3v) is 6.49. The molecule has 0 spiro atoms. The average Bonchev–Trinajstić information content (AvgIpc) is 2.74. The first-order valence-electron chi connectivity index (χ1n) is 11.0. The van der Waals surface area contributed by atoms with Gasteiger partial charge in [0.2, 0.25) is 7.98 Å². The third kappa shape index (κ3) is 5.18. The number of carbonyl (C=O) groups excluding carboxylic acids is 2. The number of anilines is 1. The molecule has 2 aromatic carbocycles. The molecule has 2 aromatic rings. The third-order valence-electron chi connectivity index (χ3n) is 6.49. The number of nitrogens with one attached hydrogen (secondary N) is 2. The van der Waals surface area contributed by atoms with E-state index in [0.717, 1.165) is 11.1 Å². The maximum Gasteiger partial charge on any atom is 0.306 e. The zero-order valence-electron chi connectivity index (χ0n) is 20.6. The topological polar surface area (TPSA) is 81.7 Å². The molecule has 8 heteroatoms. The minimum absolute atomic E-state index is 0.132. The Bertz CT molecular complexity index is 984. The van der Waals surface area contributed by atoms with E-state index in [1.165, 1.54) is 5.01 Å². The second kappa shape index (κ2) is 9.82. The Hall–Kier alpha value is -2.73. The average molecular weight is 435 g/mol. The molecular weight excluding hydrogens is 400 g/mol. The van der Waals surface area contributed by atoms with Crippen molar-refractivity contribution in [2.75, 3.05) is 5.23 Å². The summed E-state index contributed by atoms with van der Waals surface area (Å²) in [4.78, 5) is 27.0. The van der Waals surface area contributed by atoms with Crippen molar-refractivity contribution in [3.05, 3.63) is 58.7 Å². The number of nitrogens with zero attached hydrogens (tertiary/aromatic N) is 1. The zero-order valence-corrected chi connectivity index (χ0v) is 20.6. The zero-order chi connectivity index (χ0) is 24.3. The molecule has 3 N–H and O–H groups in total. The van der Waals surface area contributed by atoms with E-state index in [-0.39, 0.29) is 24.7 Å². The molecule has 0 unspecified atom stereocenters. The van der Waals surface area contributed by atoms with Crippen molar-refractivity contribution < 1.29 is 14.6 Å². The fourth-order valence-corrected chi connectivity index (χ4v) is 3.90. The van der Waals surface area contributed by atoms with Gasteiger partial charge in [-0.05, 0) is 62.3 Å². The Morgan fingerprint density at radius 1 is 1.03 bits per heavy atom. The van der Waals surface area contributed by atoms with E-state index in [9.17, 15) is 14.6 Å². The van der Waals surface area contributed by atoms with E-state index >= 15 is 0 Å². The maximum absolute atomic E-state index is 13.8. The molecule has 2 rings (SSSR count). The van der Waals surface area contributed by atoms with Gasteiger partial charge >= 0.3 is 7.48 Å². The van der Waals surface area contributed by atoms with Crippen LogP contribution in [0.5, 0.6) is 0 Å². The second-order valence-corrected chi connectivity index (χ2v) is 9.62. The fourth-order valence-electron chi connectivity index (χ4n) is 3.90. The summed E-state index contributed by atoms with van der Waals surface area (Å²) in [6.07, 6.45) is 0.651. The predicted octanol–water partition coefficient (Wildman–Crippen LogP) is 2.23. The quantitative estimate of drug-likeness (QED) is 0.481. The summed E-state index contributed by atoms with van der Waals surface area (Å²) in [7, 11) is 1.60. The fraction of sp³-hybridized carbons (Fsp3) is 0.417. The lowest BCUT2D eigenvalue weighted by atomic mass is 9.72. The molecule has 6 nitrogen and oxygen atoms in total. The van der Waals surface area contributed by atoms with E-state index in [0.29, 0.717) is 28.7 Å². The molecule has 0 aliphatic rings. The van der Waals surface area contributed by atoms with Crippen molar-refractivity contribution in [3.63, 3.8) is 0 Å². The molecule has 32 heavy (non-hydrogen) atoms. The first kappa shape index (κ1) is 25.5. The smallest absolute Gasteiger partial charge is 0.306 e. The van der Waals surface area contributed by atoms with Gasteiger partial charge < -0.3 is 10.3 Å². The summed E-state index contributed by atoms with van der Waals surface area (Å²) in [6.45, 7) is 14.1. The van der Waals surface area contributed by atoms with Crippen LogP contribution in [0, 0.1) is 19.3 Å². The van der Waals surface area contributed by atoms with Crippen LogP contribution in [0.2, 0.25) is 0 Å². The number of hydrogen-bond acceptors (Lipinski definition) is 4. The van der Waals surface area contributed by atoms with Gasteiger partial charge in [0.15, 0.2) is 0 Å². The van der Waals surface area contributed by atoms with Crippen molar-refractivity contribution in [2.45, 2.75) is 60.4 Å². The lowest BCUT2D eigenvalue weighted by Crippen LogP contribution is -2.63. The Balaban J connectivity index is 2.54. The number of aryl methyl sites for hydroxylation is 2. The molecule has 170 valence electrons. The van der Waals surface area contributed by atoms with Crippen molar-refractivity contribution >= 4 is 38.4 Å². The second-order valence-electron chi connectivity index (χ2n) is 9.62. The molecule has 0 bridgehead atoms. The number of hydrazine groups is 1. The highest BCUT2D eigenvalue weighted by Crippen LogP contribution is 2.38. The molecule has 1 atom stereocenters. The van der Waals surface area contributed by atoms with E-state index in [2.05, 4.69) is 31.4 Å². The van der Waals surface area contributed by atoms with Crippen LogP contribution in [0.15, 0.2) is 36.4 Å². The van der Waals surface area contributed by atoms with Gasteiger partial charge in [0, 0.05) is 16.8 Å². The monoisotopic (exact) mass is 435 g/mol. The summed E-state index contributed by atoms with van der Waals surface area (Å²) < 4.78 is 0. The van der Waals surface area contributed by atoms with Crippen LogP contribution >= 0.6 is 0 Å². The van der Waals surface area contributed by atoms with E-state index < -0.39 is 5.54 Å². The largest absolute Gasteiger partial charge is 0.449 e. The van der Waals surface area contributed by atoms with Gasteiger partial charge in [0.25, 0.3) is 11.8 Å². The predicted molar refractivity (Wildman–Crippen MR) is 135 cm³/mol. The molecule has 0 aromatic heterocycles. The van der Waals surface area contributed by atoms with Gasteiger partial charge in [-0.3, -0.25) is 15.0 Å². The molecule has 0 aliphatic heterocycles. The van der Waals surface area contributed by atoms with E-state index in [4.69, 9.17) is 0 Å². The minimum Gasteiger partial charge on any atom is -0.449 e. The van der Waals surface area contributed by atoms with Gasteiger partial charge in [-0.25, -0.2) is 5.01 Å². The van der Waals surface area contributed by atoms with Crippen LogP contribution in [0.3, 0.4) is 0 Å². The van der Waals surface area contributed by atoms with Gasteiger partial charge in [-0.15, -0.1) is 0 Å². The molecule has 0 aliphatic carbocycles. The molecule has 0 heterocycles.